The molecule has 0 amide bonds. The van der Waals surface area contributed by atoms with Crippen molar-refractivity contribution < 1.29 is 4.74 Å². The van der Waals surface area contributed by atoms with Gasteiger partial charge >= 0.3 is 0 Å². The Morgan fingerprint density at radius 1 is 0.433 bits per heavy atom. The fraction of sp³-hybridized carbons (Fsp3) is 0.0345. The van der Waals surface area contributed by atoms with Crippen LogP contribution >= 0.6 is 0 Å². The van der Waals surface area contributed by atoms with E-state index in [0.29, 0.717) is 0 Å². The van der Waals surface area contributed by atoms with Crippen molar-refractivity contribution in [1.82, 2.24) is 0 Å². The van der Waals surface area contributed by atoms with Gasteiger partial charge in [0.1, 0.15) is 5.75 Å². The third-order valence-electron chi connectivity index (χ3n) is 6.11. The molecule has 30 heavy (non-hydrogen) atoms. The quantitative estimate of drug-likeness (QED) is 0.275. The molecule has 0 aliphatic rings. The van der Waals surface area contributed by atoms with Gasteiger partial charge in [-0.25, -0.2) is 0 Å². The van der Waals surface area contributed by atoms with E-state index >= 15 is 0 Å². The lowest BCUT2D eigenvalue weighted by molar-refractivity contribution is 0.424. The summed E-state index contributed by atoms with van der Waals surface area (Å²) < 4.78 is 5.91. The summed E-state index contributed by atoms with van der Waals surface area (Å²) in [6.45, 7) is 0. The molecule has 0 atom stereocenters. The van der Waals surface area contributed by atoms with Crippen molar-refractivity contribution in [1.29, 1.82) is 0 Å². The standard InChI is InChI=1S/C29H20O/c1-30-29-25-16-8-6-14-23(25)28(24-15-7-9-17-26(24)29)27-21-12-4-2-10-19(21)18-20-11-3-5-13-22(20)27/h2-18H,1H3. The molecule has 6 rings (SSSR count). The lowest BCUT2D eigenvalue weighted by Gasteiger charge is -2.19. The van der Waals surface area contributed by atoms with Crippen molar-refractivity contribution >= 4 is 43.1 Å². The summed E-state index contributed by atoms with van der Waals surface area (Å²) in [4.78, 5) is 0. The maximum Gasteiger partial charge on any atom is 0.134 e. The van der Waals surface area contributed by atoms with Crippen LogP contribution in [0.4, 0.5) is 0 Å². The normalized spacial score (nSPS) is 11.5. The lowest BCUT2D eigenvalue weighted by Crippen LogP contribution is -1.93. The van der Waals surface area contributed by atoms with Crippen LogP contribution in [-0.4, -0.2) is 7.11 Å². The molecule has 0 aliphatic heterocycles. The molecule has 1 heteroatoms. The summed E-state index contributed by atoms with van der Waals surface area (Å²) >= 11 is 0. The lowest BCUT2D eigenvalue weighted by atomic mass is 9.86. The van der Waals surface area contributed by atoms with E-state index in [1.807, 2.05) is 0 Å². The Morgan fingerprint density at radius 2 is 0.800 bits per heavy atom. The highest BCUT2D eigenvalue weighted by atomic mass is 16.5. The number of fused-ring (bicyclic) bond motifs is 4. The van der Waals surface area contributed by atoms with Gasteiger partial charge in [0.15, 0.2) is 0 Å². The molecule has 0 heterocycles. The predicted octanol–water partition coefficient (Wildman–Crippen LogP) is 7.98. The van der Waals surface area contributed by atoms with Crippen LogP contribution in [0.1, 0.15) is 0 Å². The second-order valence-electron chi connectivity index (χ2n) is 7.69. The molecule has 0 saturated heterocycles. The van der Waals surface area contributed by atoms with E-state index in [4.69, 9.17) is 4.74 Å². The van der Waals surface area contributed by atoms with E-state index in [-0.39, 0.29) is 0 Å². The van der Waals surface area contributed by atoms with E-state index in [1.54, 1.807) is 7.11 Å². The highest BCUT2D eigenvalue weighted by Gasteiger charge is 2.19. The molecule has 0 fully saturated rings. The summed E-state index contributed by atoms with van der Waals surface area (Å²) in [5.41, 5.74) is 2.56. The summed E-state index contributed by atoms with van der Waals surface area (Å²) in [6.07, 6.45) is 0. The number of methoxy groups -OCH3 is 1. The van der Waals surface area contributed by atoms with Gasteiger partial charge < -0.3 is 4.74 Å². The van der Waals surface area contributed by atoms with E-state index in [9.17, 15) is 0 Å². The second-order valence-corrected chi connectivity index (χ2v) is 7.69. The third-order valence-corrected chi connectivity index (χ3v) is 6.11. The summed E-state index contributed by atoms with van der Waals surface area (Å²) in [5.74, 6) is 0.939. The van der Waals surface area contributed by atoms with Gasteiger partial charge in [-0.2, -0.15) is 0 Å². The molecule has 142 valence electrons. The number of ether oxygens (including phenoxy) is 1. The number of benzene rings is 6. The van der Waals surface area contributed by atoms with E-state index in [0.717, 1.165) is 16.5 Å². The summed E-state index contributed by atoms with van der Waals surface area (Å²) in [6, 6.07) is 36.9. The minimum Gasteiger partial charge on any atom is -0.495 e. The Labute approximate surface area is 175 Å². The van der Waals surface area contributed by atoms with Crippen LogP contribution in [0.2, 0.25) is 0 Å². The van der Waals surface area contributed by atoms with Gasteiger partial charge in [-0.1, -0.05) is 97.1 Å². The fourth-order valence-electron chi connectivity index (χ4n) is 4.86. The molecule has 0 bridgehead atoms. The molecule has 1 nitrogen and oxygen atoms in total. The van der Waals surface area contributed by atoms with Crippen LogP contribution in [0.5, 0.6) is 5.75 Å². The first-order chi connectivity index (χ1) is 14.9. The summed E-state index contributed by atoms with van der Waals surface area (Å²) in [7, 11) is 1.77. The van der Waals surface area contributed by atoms with Crippen LogP contribution < -0.4 is 4.74 Å². The van der Waals surface area contributed by atoms with Crippen LogP contribution in [-0.2, 0) is 0 Å². The molecule has 0 radical (unpaired) electrons. The van der Waals surface area contributed by atoms with Crippen molar-refractivity contribution in [2.45, 2.75) is 0 Å². The first kappa shape index (κ1) is 17.1. The van der Waals surface area contributed by atoms with E-state index < -0.39 is 0 Å². The minimum absolute atomic E-state index is 0.939. The van der Waals surface area contributed by atoms with Crippen molar-refractivity contribution in [3.8, 4) is 16.9 Å². The number of rotatable bonds is 2. The van der Waals surface area contributed by atoms with Crippen molar-refractivity contribution in [3.05, 3.63) is 103 Å². The largest absolute Gasteiger partial charge is 0.495 e. The van der Waals surface area contributed by atoms with Crippen molar-refractivity contribution in [3.63, 3.8) is 0 Å². The SMILES string of the molecule is COc1c2ccccc2c(-c2c3ccccc3cc3ccccc23)c2ccccc12. The zero-order valence-corrected chi connectivity index (χ0v) is 16.7. The molecule has 0 aliphatic carbocycles. The average molecular weight is 384 g/mol. The van der Waals surface area contributed by atoms with Gasteiger partial charge in [0.25, 0.3) is 0 Å². The third kappa shape index (κ3) is 2.36. The van der Waals surface area contributed by atoms with Crippen molar-refractivity contribution in [2.75, 3.05) is 7.11 Å². The van der Waals surface area contributed by atoms with Gasteiger partial charge in [0, 0.05) is 10.8 Å². The molecule has 0 spiro atoms. The predicted molar refractivity (Wildman–Crippen MR) is 128 cm³/mol. The molecule has 0 N–H and O–H groups in total. The topological polar surface area (TPSA) is 9.23 Å². The fourth-order valence-corrected chi connectivity index (χ4v) is 4.86. The monoisotopic (exact) mass is 384 g/mol. The van der Waals surface area contributed by atoms with Crippen LogP contribution in [0.3, 0.4) is 0 Å². The Kier molecular flexibility index (Phi) is 3.75. The van der Waals surface area contributed by atoms with Crippen LogP contribution in [0.25, 0.3) is 54.2 Å². The Bertz CT molecular complexity index is 1470. The Balaban J connectivity index is 1.95. The molecule has 0 unspecified atom stereocenters. The van der Waals surface area contributed by atoms with Crippen LogP contribution in [0, 0.1) is 0 Å². The molecular formula is C29H20O. The van der Waals surface area contributed by atoms with Gasteiger partial charge in [0.2, 0.25) is 0 Å². The number of hydrogen-bond acceptors (Lipinski definition) is 1. The Hall–Kier alpha value is -3.84. The van der Waals surface area contributed by atoms with Gasteiger partial charge in [-0.3, -0.25) is 0 Å². The second kappa shape index (κ2) is 6.60. The molecule has 6 aromatic carbocycles. The zero-order valence-electron chi connectivity index (χ0n) is 16.7. The highest BCUT2D eigenvalue weighted by Crippen LogP contribution is 2.47. The Morgan fingerprint density at radius 3 is 1.27 bits per heavy atom. The zero-order chi connectivity index (χ0) is 20.1. The molecule has 0 saturated carbocycles. The minimum atomic E-state index is 0.939. The average Bonchev–Trinajstić information content (AvgIpc) is 2.81. The summed E-state index contributed by atoms with van der Waals surface area (Å²) in [5, 5.41) is 9.79. The van der Waals surface area contributed by atoms with Gasteiger partial charge in [-0.05, 0) is 49.5 Å². The highest BCUT2D eigenvalue weighted by molar-refractivity contribution is 6.25. The maximum atomic E-state index is 5.91. The first-order valence-electron chi connectivity index (χ1n) is 10.2. The van der Waals surface area contributed by atoms with E-state index in [1.165, 1.54) is 43.4 Å². The molecular weight excluding hydrogens is 364 g/mol. The first-order valence-corrected chi connectivity index (χ1v) is 10.2. The molecule has 0 aromatic heterocycles. The van der Waals surface area contributed by atoms with Crippen molar-refractivity contribution in [2.24, 2.45) is 0 Å². The van der Waals surface area contributed by atoms with Gasteiger partial charge in [-0.15, -0.1) is 0 Å². The molecule has 6 aromatic rings. The number of hydrogen-bond donors (Lipinski definition) is 0. The van der Waals surface area contributed by atoms with Gasteiger partial charge in [0.05, 0.1) is 7.11 Å². The smallest absolute Gasteiger partial charge is 0.134 e. The maximum absolute atomic E-state index is 5.91. The van der Waals surface area contributed by atoms with Crippen LogP contribution in [0.15, 0.2) is 103 Å². The van der Waals surface area contributed by atoms with E-state index in [2.05, 4.69) is 103 Å².